The molecule has 0 bridgehead atoms. The van der Waals surface area contributed by atoms with Gasteiger partial charge >= 0.3 is 0 Å². The van der Waals surface area contributed by atoms with Crippen molar-refractivity contribution < 1.29 is 0 Å². The van der Waals surface area contributed by atoms with Crippen molar-refractivity contribution in [3.05, 3.63) is 156 Å². The highest BCUT2D eigenvalue weighted by atomic mass is 13.9. The van der Waals surface area contributed by atoms with Crippen LogP contribution in [0.4, 0.5) is 0 Å². The fraction of sp³-hybridized carbons (Fsp3) is 0.282. The molecule has 0 aliphatic rings. The molecule has 0 amide bonds. The SMILES string of the molecule is CC.CC.CC.CC.Cc1ccccc1.Cc1ccccc1.Cc1ccccc1.c1ccc2ccccc2c1. The first-order valence-electron chi connectivity index (χ1n) is 14.6. The van der Waals surface area contributed by atoms with Gasteiger partial charge in [-0.2, -0.15) is 0 Å². The van der Waals surface area contributed by atoms with E-state index in [0.717, 1.165) is 0 Å². The molecule has 0 N–H and O–H groups in total. The Bertz CT molecular complexity index is 927. The van der Waals surface area contributed by atoms with Crippen molar-refractivity contribution >= 4 is 10.8 Å². The Morgan fingerprint density at radius 2 is 0.385 bits per heavy atom. The molecule has 0 nitrogen and oxygen atoms in total. The third kappa shape index (κ3) is 24.5. The van der Waals surface area contributed by atoms with Gasteiger partial charge in [-0.25, -0.2) is 0 Å². The summed E-state index contributed by atoms with van der Waals surface area (Å²) in [5, 5.41) is 2.62. The Morgan fingerprint density at radius 1 is 0.231 bits per heavy atom. The van der Waals surface area contributed by atoms with E-state index in [1.165, 1.54) is 27.5 Å². The van der Waals surface area contributed by atoms with Crippen molar-refractivity contribution in [3.8, 4) is 0 Å². The fourth-order valence-electron chi connectivity index (χ4n) is 2.74. The summed E-state index contributed by atoms with van der Waals surface area (Å²) in [6.45, 7) is 22.2. The number of hydrogen-bond acceptors (Lipinski definition) is 0. The van der Waals surface area contributed by atoms with Gasteiger partial charge in [-0.15, -0.1) is 0 Å². The molecule has 5 rings (SSSR count). The lowest BCUT2D eigenvalue weighted by Gasteiger charge is -1.92. The largest absolute Gasteiger partial charge is 0.0683 e. The zero-order valence-electron chi connectivity index (χ0n) is 26.8. The molecule has 0 saturated carbocycles. The average Bonchev–Trinajstić information content (AvgIpc) is 3.03. The van der Waals surface area contributed by atoms with Crippen molar-refractivity contribution in [2.45, 2.75) is 76.2 Å². The second-order valence-electron chi connectivity index (χ2n) is 7.31. The molecule has 0 saturated heterocycles. The molecular formula is C39H56. The fourth-order valence-corrected chi connectivity index (χ4v) is 2.74. The molecule has 0 aliphatic heterocycles. The first-order chi connectivity index (χ1) is 19.1. The Morgan fingerprint density at radius 3 is 0.513 bits per heavy atom. The third-order valence-corrected chi connectivity index (χ3v) is 4.48. The van der Waals surface area contributed by atoms with Gasteiger partial charge in [0.05, 0.1) is 0 Å². The molecule has 0 heteroatoms. The molecular weight excluding hydrogens is 468 g/mol. The van der Waals surface area contributed by atoms with Gasteiger partial charge in [0.1, 0.15) is 0 Å². The zero-order valence-corrected chi connectivity index (χ0v) is 26.8. The van der Waals surface area contributed by atoms with E-state index in [1.807, 2.05) is 110 Å². The summed E-state index contributed by atoms with van der Waals surface area (Å²) in [5.74, 6) is 0. The minimum atomic E-state index is 1.31. The average molecular weight is 525 g/mol. The van der Waals surface area contributed by atoms with E-state index in [-0.39, 0.29) is 0 Å². The number of aryl methyl sites for hydroxylation is 3. The van der Waals surface area contributed by atoms with Crippen LogP contribution in [0.25, 0.3) is 10.8 Å². The van der Waals surface area contributed by atoms with Crippen LogP contribution in [0.3, 0.4) is 0 Å². The zero-order chi connectivity index (χ0) is 30.2. The summed E-state index contributed by atoms with van der Waals surface area (Å²) < 4.78 is 0. The van der Waals surface area contributed by atoms with Crippen LogP contribution < -0.4 is 0 Å². The van der Waals surface area contributed by atoms with Gasteiger partial charge in [-0.05, 0) is 31.5 Å². The van der Waals surface area contributed by atoms with Crippen molar-refractivity contribution in [2.24, 2.45) is 0 Å². The lowest BCUT2D eigenvalue weighted by Crippen LogP contribution is -1.67. The Balaban J connectivity index is -0.000000412. The summed E-state index contributed by atoms with van der Waals surface area (Å²) >= 11 is 0. The van der Waals surface area contributed by atoms with Crippen LogP contribution >= 0.6 is 0 Å². The maximum atomic E-state index is 2.12. The number of rotatable bonds is 0. The van der Waals surface area contributed by atoms with E-state index in [1.54, 1.807) is 0 Å². The van der Waals surface area contributed by atoms with Gasteiger partial charge < -0.3 is 0 Å². The monoisotopic (exact) mass is 524 g/mol. The van der Waals surface area contributed by atoms with E-state index >= 15 is 0 Å². The maximum absolute atomic E-state index is 2.12. The van der Waals surface area contributed by atoms with Gasteiger partial charge in [0.25, 0.3) is 0 Å². The van der Waals surface area contributed by atoms with Gasteiger partial charge in [-0.1, -0.05) is 212 Å². The topological polar surface area (TPSA) is 0 Å². The van der Waals surface area contributed by atoms with Crippen molar-refractivity contribution in [1.29, 1.82) is 0 Å². The van der Waals surface area contributed by atoms with Crippen molar-refractivity contribution in [2.75, 3.05) is 0 Å². The normalized spacial score (nSPS) is 7.87. The van der Waals surface area contributed by atoms with Crippen LogP contribution in [-0.4, -0.2) is 0 Å². The molecule has 0 unspecified atom stereocenters. The van der Waals surface area contributed by atoms with Crippen molar-refractivity contribution in [3.63, 3.8) is 0 Å². The van der Waals surface area contributed by atoms with Crippen LogP contribution in [0.2, 0.25) is 0 Å². The Kier molecular flexibility index (Phi) is 33.1. The molecule has 0 fully saturated rings. The number of fused-ring (bicyclic) bond motifs is 1. The predicted octanol–water partition coefficient (Wildman–Crippen LogP) is 12.9. The second kappa shape index (κ2) is 32.4. The van der Waals surface area contributed by atoms with Gasteiger partial charge in [-0.3, -0.25) is 0 Å². The molecule has 212 valence electrons. The molecule has 0 spiro atoms. The Hall–Kier alpha value is -3.64. The molecule has 0 radical (unpaired) electrons. The predicted molar refractivity (Wildman–Crippen MR) is 183 cm³/mol. The van der Waals surface area contributed by atoms with Gasteiger partial charge in [0, 0.05) is 0 Å². The molecule has 5 aromatic rings. The summed E-state index contributed by atoms with van der Waals surface area (Å²) in [5.41, 5.74) is 3.97. The van der Waals surface area contributed by atoms with E-state index in [4.69, 9.17) is 0 Å². The lowest BCUT2D eigenvalue weighted by atomic mass is 10.1. The van der Waals surface area contributed by atoms with Crippen molar-refractivity contribution in [1.82, 2.24) is 0 Å². The number of hydrogen-bond donors (Lipinski definition) is 0. The Labute approximate surface area is 242 Å². The third-order valence-electron chi connectivity index (χ3n) is 4.48. The van der Waals surface area contributed by atoms with E-state index < -0.39 is 0 Å². The summed E-state index contributed by atoms with van der Waals surface area (Å²) in [6.07, 6.45) is 0. The minimum Gasteiger partial charge on any atom is -0.0683 e. The minimum absolute atomic E-state index is 1.31. The van der Waals surface area contributed by atoms with Crippen LogP contribution in [0.5, 0.6) is 0 Å². The highest BCUT2D eigenvalue weighted by Gasteiger charge is 1.85. The molecule has 0 atom stereocenters. The first kappa shape index (κ1) is 39.9. The van der Waals surface area contributed by atoms with Gasteiger partial charge in [0.15, 0.2) is 0 Å². The summed E-state index contributed by atoms with van der Waals surface area (Å²) in [6, 6.07) is 47.5. The van der Waals surface area contributed by atoms with Crippen LogP contribution in [0.15, 0.2) is 140 Å². The molecule has 0 aliphatic carbocycles. The summed E-state index contributed by atoms with van der Waals surface area (Å²) in [4.78, 5) is 0. The lowest BCUT2D eigenvalue weighted by molar-refractivity contribution is 1.48. The second-order valence-corrected chi connectivity index (χ2v) is 7.31. The first-order valence-corrected chi connectivity index (χ1v) is 14.6. The molecule has 39 heavy (non-hydrogen) atoms. The van der Waals surface area contributed by atoms with Gasteiger partial charge in [0.2, 0.25) is 0 Å². The van der Waals surface area contributed by atoms with Crippen LogP contribution in [0.1, 0.15) is 72.1 Å². The smallest absolute Gasteiger partial charge is 0.0184 e. The quantitative estimate of drug-likeness (QED) is 0.189. The van der Waals surface area contributed by atoms with E-state index in [9.17, 15) is 0 Å². The van der Waals surface area contributed by atoms with E-state index in [0.29, 0.717) is 0 Å². The molecule has 0 heterocycles. The molecule has 0 aromatic heterocycles. The van der Waals surface area contributed by atoms with Crippen LogP contribution in [-0.2, 0) is 0 Å². The van der Waals surface area contributed by atoms with Crippen LogP contribution in [0, 0.1) is 20.8 Å². The number of benzene rings is 5. The standard InChI is InChI=1S/C10H8.3C7H8.4C2H6/c1-2-6-10-8-4-3-7-9(10)5-1;3*1-7-5-3-2-4-6-7;4*1-2/h1-8H;3*2-6H,1H3;4*1-2H3. The highest BCUT2D eigenvalue weighted by Crippen LogP contribution is 2.11. The molecule has 5 aromatic carbocycles. The van der Waals surface area contributed by atoms with E-state index in [2.05, 4.69) is 106 Å². The maximum Gasteiger partial charge on any atom is -0.0184 e. The highest BCUT2D eigenvalue weighted by molar-refractivity contribution is 5.82. The summed E-state index contributed by atoms with van der Waals surface area (Å²) in [7, 11) is 0.